The Hall–Kier alpha value is -1.54. The zero-order valence-electron chi connectivity index (χ0n) is 18.8. The molecule has 2 amide bonds. The van der Waals surface area contributed by atoms with Gasteiger partial charge in [-0.25, -0.2) is 9.59 Å². The number of carbonyl (C=O) groups excluding carboxylic acids is 2. The average Bonchev–Trinajstić information content (AvgIpc) is 2.64. The summed E-state index contributed by atoms with van der Waals surface area (Å²) in [6.07, 6.45) is 4.81. The van der Waals surface area contributed by atoms with Gasteiger partial charge < -0.3 is 19.7 Å². The number of alkyl carbamates (subject to hydrolysis) is 1. The molecule has 1 aliphatic heterocycles. The van der Waals surface area contributed by atoms with Gasteiger partial charge >= 0.3 is 12.2 Å². The molecule has 2 rings (SSSR count). The molecule has 2 unspecified atom stereocenters. The number of amides is 2. The first kappa shape index (κ1) is 25.7. The number of benzene rings is 1. The van der Waals surface area contributed by atoms with Gasteiger partial charge in [-0.15, -0.1) is 0 Å². The standard InChI is InChI=1S/C23H32Br2N2O4/c1-6-30-22(29)27-10-8-7-9-17(27)13-16(14-26-21(28)31-23(3,4)5)20-18(24)11-15(2)12-19(20)25/h7,9,11-12,16-17H,6,8,10,13-14H2,1-5H3,(H,26,28). The van der Waals surface area contributed by atoms with Crippen LogP contribution in [0.3, 0.4) is 0 Å². The van der Waals surface area contributed by atoms with Crippen molar-refractivity contribution >= 4 is 44.0 Å². The van der Waals surface area contributed by atoms with Crippen molar-refractivity contribution in [2.24, 2.45) is 0 Å². The van der Waals surface area contributed by atoms with E-state index >= 15 is 0 Å². The minimum atomic E-state index is -0.572. The number of nitrogens with zero attached hydrogens (tertiary/aromatic N) is 1. The Morgan fingerprint density at radius 3 is 2.48 bits per heavy atom. The summed E-state index contributed by atoms with van der Waals surface area (Å²) in [5, 5.41) is 2.90. The van der Waals surface area contributed by atoms with Gasteiger partial charge in [-0.1, -0.05) is 44.0 Å². The monoisotopic (exact) mass is 558 g/mol. The quantitative estimate of drug-likeness (QED) is 0.415. The van der Waals surface area contributed by atoms with Crippen LogP contribution in [0.1, 0.15) is 57.6 Å². The Labute approximate surface area is 202 Å². The Bertz CT molecular complexity index is 797. The molecule has 0 saturated carbocycles. The molecule has 0 radical (unpaired) electrons. The molecule has 1 aromatic rings. The largest absolute Gasteiger partial charge is 0.450 e. The molecule has 0 saturated heterocycles. The molecule has 31 heavy (non-hydrogen) atoms. The van der Waals surface area contributed by atoms with Crippen LogP contribution in [0.5, 0.6) is 0 Å². The SMILES string of the molecule is CCOC(=O)N1CCC=CC1CC(CNC(=O)OC(C)(C)C)c1c(Br)cc(C)cc1Br. The van der Waals surface area contributed by atoms with E-state index in [1.807, 2.05) is 27.7 Å². The van der Waals surface area contributed by atoms with Crippen LogP contribution in [0.25, 0.3) is 0 Å². The van der Waals surface area contributed by atoms with Crippen LogP contribution in [-0.4, -0.2) is 48.4 Å². The maximum absolute atomic E-state index is 12.5. The van der Waals surface area contributed by atoms with Crippen LogP contribution in [-0.2, 0) is 9.47 Å². The van der Waals surface area contributed by atoms with Gasteiger partial charge in [0.15, 0.2) is 0 Å². The fourth-order valence-corrected chi connectivity index (χ4v) is 5.65. The summed E-state index contributed by atoms with van der Waals surface area (Å²) in [6.45, 7) is 10.7. The molecule has 6 nitrogen and oxygen atoms in total. The lowest BCUT2D eigenvalue weighted by molar-refractivity contribution is 0.0520. The Morgan fingerprint density at radius 2 is 1.90 bits per heavy atom. The summed E-state index contributed by atoms with van der Waals surface area (Å²) in [6, 6.07) is 3.99. The number of nitrogens with one attached hydrogen (secondary N) is 1. The molecule has 0 bridgehead atoms. The van der Waals surface area contributed by atoms with Crippen molar-refractivity contribution in [2.45, 2.75) is 65.0 Å². The second-order valence-electron chi connectivity index (χ2n) is 8.63. The highest BCUT2D eigenvalue weighted by Gasteiger charge is 2.30. The van der Waals surface area contributed by atoms with E-state index in [1.54, 1.807) is 11.8 Å². The van der Waals surface area contributed by atoms with Crippen LogP contribution in [0, 0.1) is 6.92 Å². The van der Waals surface area contributed by atoms with Crippen LogP contribution in [0.2, 0.25) is 0 Å². The van der Waals surface area contributed by atoms with Crippen molar-refractivity contribution in [3.8, 4) is 0 Å². The minimum absolute atomic E-state index is 0.0680. The molecule has 1 aromatic carbocycles. The van der Waals surface area contributed by atoms with E-state index in [9.17, 15) is 9.59 Å². The van der Waals surface area contributed by atoms with Gasteiger partial charge in [-0.2, -0.15) is 0 Å². The number of aryl methyl sites for hydroxylation is 1. The zero-order chi connectivity index (χ0) is 23.2. The predicted molar refractivity (Wildman–Crippen MR) is 129 cm³/mol. The Kier molecular flexibility index (Phi) is 9.43. The molecule has 0 aromatic heterocycles. The highest BCUT2D eigenvalue weighted by molar-refractivity contribution is 9.11. The summed E-state index contributed by atoms with van der Waals surface area (Å²) < 4.78 is 12.6. The molecular formula is C23H32Br2N2O4. The number of rotatable bonds is 6. The molecule has 1 N–H and O–H groups in total. The van der Waals surface area contributed by atoms with Gasteiger partial charge in [0, 0.05) is 28.0 Å². The van der Waals surface area contributed by atoms with Crippen molar-refractivity contribution in [1.82, 2.24) is 10.2 Å². The summed E-state index contributed by atoms with van der Waals surface area (Å²) in [5.41, 5.74) is 1.59. The fourth-order valence-electron chi connectivity index (χ4n) is 3.59. The summed E-state index contributed by atoms with van der Waals surface area (Å²) >= 11 is 7.38. The van der Waals surface area contributed by atoms with E-state index < -0.39 is 11.7 Å². The molecular weight excluding hydrogens is 528 g/mol. The zero-order valence-corrected chi connectivity index (χ0v) is 22.0. The van der Waals surface area contributed by atoms with E-state index in [4.69, 9.17) is 9.47 Å². The van der Waals surface area contributed by atoms with Crippen LogP contribution in [0.15, 0.2) is 33.2 Å². The van der Waals surface area contributed by atoms with E-state index in [0.29, 0.717) is 26.1 Å². The first-order valence-electron chi connectivity index (χ1n) is 10.5. The molecule has 172 valence electrons. The molecule has 2 atom stereocenters. The van der Waals surface area contributed by atoms with E-state index in [1.165, 1.54) is 0 Å². The second-order valence-corrected chi connectivity index (χ2v) is 10.3. The third-order valence-electron chi connectivity index (χ3n) is 4.85. The lowest BCUT2D eigenvalue weighted by Gasteiger charge is -2.34. The molecule has 1 aliphatic rings. The van der Waals surface area contributed by atoms with Gasteiger partial charge in [0.1, 0.15) is 5.60 Å². The van der Waals surface area contributed by atoms with Crippen molar-refractivity contribution in [1.29, 1.82) is 0 Å². The summed E-state index contributed by atoms with van der Waals surface area (Å²) in [5.74, 6) is -0.0680. The fraction of sp³-hybridized carbons (Fsp3) is 0.565. The van der Waals surface area contributed by atoms with Crippen LogP contribution < -0.4 is 5.32 Å². The maximum atomic E-state index is 12.5. The van der Waals surface area contributed by atoms with Crippen LogP contribution >= 0.6 is 31.9 Å². The van der Waals surface area contributed by atoms with Gasteiger partial charge in [0.25, 0.3) is 0 Å². The molecule has 8 heteroatoms. The highest BCUT2D eigenvalue weighted by Crippen LogP contribution is 2.37. The van der Waals surface area contributed by atoms with E-state index in [2.05, 4.69) is 61.5 Å². The van der Waals surface area contributed by atoms with Crippen molar-refractivity contribution in [3.63, 3.8) is 0 Å². The second kappa shape index (κ2) is 11.4. The van der Waals surface area contributed by atoms with Crippen molar-refractivity contribution < 1.29 is 19.1 Å². The van der Waals surface area contributed by atoms with Crippen molar-refractivity contribution in [2.75, 3.05) is 19.7 Å². The Morgan fingerprint density at radius 1 is 1.26 bits per heavy atom. The third-order valence-corrected chi connectivity index (χ3v) is 6.16. The molecule has 0 spiro atoms. The Balaban J connectivity index is 2.29. The van der Waals surface area contributed by atoms with Crippen molar-refractivity contribution in [3.05, 3.63) is 44.4 Å². The van der Waals surface area contributed by atoms with Gasteiger partial charge in [-0.05, 0) is 70.7 Å². The normalized spacial score (nSPS) is 17.3. The van der Waals surface area contributed by atoms with E-state index in [-0.39, 0.29) is 18.1 Å². The average molecular weight is 560 g/mol. The number of hydrogen-bond acceptors (Lipinski definition) is 4. The molecule has 1 heterocycles. The topological polar surface area (TPSA) is 67.9 Å². The lowest BCUT2D eigenvalue weighted by Crippen LogP contribution is -2.44. The summed E-state index contributed by atoms with van der Waals surface area (Å²) in [4.78, 5) is 26.6. The van der Waals surface area contributed by atoms with Gasteiger partial charge in [-0.3, -0.25) is 0 Å². The number of carbonyl (C=O) groups is 2. The minimum Gasteiger partial charge on any atom is -0.450 e. The smallest absolute Gasteiger partial charge is 0.410 e. The predicted octanol–water partition coefficient (Wildman–Crippen LogP) is 6.31. The van der Waals surface area contributed by atoms with Gasteiger partial charge in [0.05, 0.1) is 12.6 Å². The molecule has 0 fully saturated rings. The maximum Gasteiger partial charge on any atom is 0.410 e. The first-order chi connectivity index (χ1) is 14.5. The first-order valence-corrected chi connectivity index (χ1v) is 12.1. The highest BCUT2D eigenvalue weighted by atomic mass is 79.9. The number of halogens is 2. The summed E-state index contributed by atoms with van der Waals surface area (Å²) in [7, 11) is 0. The lowest BCUT2D eigenvalue weighted by atomic mass is 9.89. The van der Waals surface area contributed by atoms with Gasteiger partial charge in [0.2, 0.25) is 0 Å². The number of ether oxygens (including phenoxy) is 2. The van der Waals surface area contributed by atoms with Crippen LogP contribution in [0.4, 0.5) is 9.59 Å². The molecule has 0 aliphatic carbocycles. The third kappa shape index (κ3) is 7.83. The van der Waals surface area contributed by atoms with E-state index in [0.717, 1.165) is 26.5 Å². The number of hydrogen-bond donors (Lipinski definition) is 1.